The van der Waals surface area contributed by atoms with Gasteiger partial charge >= 0.3 is 0 Å². The van der Waals surface area contributed by atoms with E-state index in [0.717, 1.165) is 10.0 Å². The molecule has 0 unspecified atom stereocenters. The topological polar surface area (TPSA) is 42.0 Å². The molecule has 0 saturated heterocycles. The van der Waals surface area contributed by atoms with Crippen LogP contribution in [-0.2, 0) is 0 Å². The molecule has 0 aliphatic rings. The fourth-order valence-electron chi connectivity index (χ4n) is 1.48. The molecular formula is C13H10BrClN2O. The second-order valence-electron chi connectivity index (χ2n) is 3.75. The zero-order chi connectivity index (χ0) is 13.1. The Kier molecular flexibility index (Phi) is 3.99. The van der Waals surface area contributed by atoms with Crippen molar-refractivity contribution < 1.29 is 4.79 Å². The number of aryl methyl sites for hydroxylation is 1. The lowest BCUT2D eigenvalue weighted by Gasteiger charge is -2.09. The van der Waals surface area contributed by atoms with Crippen LogP contribution in [0.25, 0.3) is 0 Å². The molecule has 0 radical (unpaired) electrons. The number of carbonyl (C=O) groups excluding carboxylic acids is 1. The fourth-order valence-corrected chi connectivity index (χ4v) is 1.98. The number of benzene rings is 1. The molecule has 1 aromatic heterocycles. The molecule has 1 aromatic carbocycles. The second-order valence-corrected chi connectivity index (χ2v) is 5.07. The molecule has 1 N–H and O–H groups in total. The summed E-state index contributed by atoms with van der Waals surface area (Å²) in [4.78, 5) is 16.0. The lowest BCUT2D eigenvalue weighted by Crippen LogP contribution is -2.14. The maximum absolute atomic E-state index is 12.0. The van der Waals surface area contributed by atoms with E-state index in [1.54, 1.807) is 24.4 Å². The van der Waals surface area contributed by atoms with Gasteiger partial charge in [0.05, 0.1) is 10.7 Å². The summed E-state index contributed by atoms with van der Waals surface area (Å²) in [5.41, 5.74) is 1.87. The maximum Gasteiger partial charge on any atom is 0.274 e. The van der Waals surface area contributed by atoms with Gasteiger partial charge in [-0.15, -0.1) is 0 Å². The normalized spacial score (nSPS) is 10.2. The quantitative estimate of drug-likeness (QED) is 0.905. The molecule has 2 rings (SSSR count). The first-order valence-electron chi connectivity index (χ1n) is 5.26. The van der Waals surface area contributed by atoms with Crippen LogP contribution in [-0.4, -0.2) is 10.9 Å². The SMILES string of the molecule is Cc1cccc(Cl)c1NC(=O)c1ccc(Br)cn1. The van der Waals surface area contributed by atoms with Crippen LogP contribution in [0.4, 0.5) is 5.69 Å². The Morgan fingerprint density at radius 2 is 2.11 bits per heavy atom. The van der Waals surface area contributed by atoms with E-state index in [0.29, 0.717) is 16.4 Å². The van der Waals surface area contributed by atoms with Crippen molar-refractivity contribution in [2.24, 2.45) is 0 Å². The number of nitrogens with zero attached hydrogens (tertiary/aromatic N) is 1. The van der Waals surface area contributed by atoms with E-state index in [1.807, 2.05) is 19.1 Å². The molecule has 18 heavy (non-hydrogen) atoms. The lowest BCUT2D eigenvalue weighted by molar-refractivity contribution is 0.102. The molecule has 0 saturated carbocycles. The third kappa shape index (κ3) is 2.89. The zero-order valence-electron chi connectivity index (χ0n) is 9.58. The van der Waals surface area contributed by atoms with Gasteiger partial charge in [-0.2, -0.15) is 0 Å². The molecule has 0 bridgehead atoms. The van der Waals surface area contributed by atoms with E-state index in [4.69, 9.17) is 11.6 Å². The average Bonchev–Trinajstić information content (AvgIpc) is 2.34. The number of hydrogen-bond donors (Lipinski definition) is 1. The van der Waals surface area contributed by atoms with Crippen LogP contribution >= 0.6 is 27.5 Å². The van der Waals surface area contributed by atoms with Crippen LogP contribution in [0.2, 0.25) is 5.02 Å². The second kappa shape index (κ2) is 5.50. The first kappa shape index (κ1) is 13.1. The minimum Gasteiger partial charge on any atom is -0.319 e. The average molecular weight is 326 g/mol. The van der Waals surface area contributed by atoms with Gasteiger partial charge in [0.25, 0.3) is 5.91 Å². The highest BCUT2D eigenvalue weighted by Gasteiger charge is 2.11. The van der Waals surface area contributed by atoms with E-state index in [2.05, 4.69) is 26.2 Å². The van der Waals surface area contributed by atoms with Crippen molar-refractivity contribution in [3.05, 3.63) is 57.3 Å². The van der Waals surface area contributed by atoms with Crippen molar-refractivity contribution in [1.82, 2.24) is 4.98 Å². The largest absolute Gasteiger partial charge is 0.319 e. The molecule has 0 fully saturated rings. The first-order valence-corrected chi connectivity index (χ1v) is 6.43. The number of carbonyl (C=O) groups is 1. The van der Waals surface area contributed by atoms with Crippen molar-refractivity contribution in [1.29, 1.82) is 0 Å². The number of hydrogen-bond acceptors (Lipinski definition) is 2. The maximum atomic E-state index is 12.0. The van der Waals surface area contributed by atoms with Gasteiger partial charge in [-0.1, -0.05) is 23.7 Å². The third-order valence-electron chi connectivity index (χ3n) is 2.42. The predicted molar refractivity (Wildman–Crippen MR) is 76.1 cm³/mol. The minimum atomic E-state index is -0.279. The van der Waals surface area contributed by atoms with Gasteiger partial charge in [0.2, 0.25) is 0 Å². The van der Waals surface area contributed by atoms with Crippen LogP contribution in [0.15, 0.2) is 41.0 Å². The smallest absolute Gasteiger partial charge is 0.274 e. The predicted octanol–water partition coefficient (Wildman–Crippen LogP) is 4.06. The zero-order valence-corrected chi connectivity index (χ0v) is 11.9. The van der Waals surface area contributed by atoms with E-state index in [9.17, 15) is 4.79 Å². The molecule has 0 aliphatic heterocycles. The third-order valence-corrected chi connectivity index (χ3v) is 3.20. The summed E-state index contributed by atoms with van der Waals surface area (Å²) in [6, 6.07) is 8.87. The molecular weight excluding hydrogens is 316 g/mol. The minimum absolute atomic E-state index is 0.279. The van der Waals surface area contributed by atoms with Gasteiger partial charge in [0.1, 0.15) is 5.69 Å². The van der Waals surface area contributed by atoms with Gasteiger partial charge in [0, 0.05) is 10.7 Å². The molecule has 1 amide bonds. The number of pyridine rings is 1. The van der Waals surface area contributed by atoms with Gasteiger partial charge in [0.15, 0.2) is 0 Å². The Morgan fingerprint density at radius 1 is 1.33 bits per heavy atom. The Labute approximate surface area is 118 Å². The van der Waals surface area contributed by atoms with Crippen molar-refractivity contribution in [2.45, 2.75) is 6.92 Å². The van der Waals surface area contributed by atoms with E-state index >= 15 is 0 Å². The Hall–Kier alpha value is -1.39. The molecule has 0 spiro atoms. The molecule has 2 aromatic rings. The van der Waals surface area contributed by atoms with E-state index in [-0.39, 0.29) is 5.91 Å². The summed E-state index contributed by atoms with van der Waals surface area (Å²) in [7, 11) is 0. The fraction of sp³-hybridized carbons (Fsp3) is 0.0769. The Bertz CT molecular complexity index is 564. The molecule has 3 nitrogen and oxygen atoms in total. The number of nitrogens with one attached hydrogen (secondary N) is 1. The van der Waals surface area contributed by atoms with Crippen molar-refractivity contribution in [2.75, 3.05) is 5.32 Å². The lowest BCUT2D eigenvalue weighted by atomic mass is 10.2. The number of halogens is 2. The standard InChI is InChI=1S/C13H10BrClN2O/c1-8-3-2-4-10(15)12(8)17-13(18)11-6-5-9(14)7-16-11/h2-7H,1H3,(H,17,18). The highest BCUT2D eigenvalue weighted by atomic mass is 79.9. The summed E-state index contributed by atoms with van der Waals surface area (Å²) < 4.78 is 0.827. The number of amides is 1. The number of anilines is 1. The number of aromatic nitrogens is 1. The highest BCUT2D eigenvalue weighted by molar-refractivity contribution is 9.10. The Morgan fingerprint density at radius 3 is 2.72 bits per heavy atom. The van der Waals surface area contributed by atoms with Crippen LogP contribution in [0.3, 0.4) is 0 Å². The van der Waals surface area contributed by atoms with Gasteiger partial charge in [-0.3, -0.25) is 4.79 Å². The molecule has 0 aliphatic carbocycles. The van der Waals surface area contributed by atoms with Gasteiger partial charge in [-0.25, -0.2) is 4.98 Å². The molecule has 1 heterocycles. The molecule has 92 valence electrons. The van der Waals surface area contributed by atoms with Gasteiger partial charge in [-0.05, 0) is 46.6 Å². The Balaban J connectivity index is 2.24. The van der Waals surface area contributed by atoms with Crippen molar-refractivity contribution in [3.63, 3.8) is 0 Å². The molecule has 0 atom stereocenters. The van der Waals surface area contributed by atoms with E-state index in [1.165, 1.54) is 0 Å². The van der Waals surface area contributed by atoms with E-state index < -0.39 is 0 Å². The summed E-state index contributed by atoms with van der Waals surface area (Å²) in [6.45, 7) is 1.89. The van der Waals surface area contributed by atoms with Crippen LogP contribution in [0.5, 0.6) is 0 Å². The number of rotatable bonds is 2. The highest BCUT2D eigenvalue weighted by Crippen LogP contribution is 2.25. The number of para-hydroxylation sites is 1. The summed E-state index contributed by atoms with van der Waals surface area (Å²) in [5, 5.41) is 3.28. The summed E-state index contributed by atoms with van der Waals surface area (Å²) in [5.74, 6) is -0.279. The van der Waals surface area contributed by atoms with Gasteiger partial charge < -0.3 is 5.32 Å². The van der Waals surface area contributed by atoms with Crippen LogP contribution in [0.1, 0.15) is 16.1 Å². The van der Waals surface area contributed by atoms with Crippen molar-refractivity contribution in [3.8, 4) is 0 Å². The van der Waals surface area contributed by atoms with Crippen LogP contribution in [0, 0.1) is 6.92 Å². The van der Waals surface area contributed by atoms with Crippen LogP contribution < -0.4 is 5.32 Å². The monoisotopic (exact) mass is 324 g/mol. The van der Waals surface area contributed by atoms with Crippen molar-refractivity contribution >= 4 is 39.1 Å². The summed E-state index contributed by atoms with van der Waals surface area (Å²) >= 11 is 9.31. The first-order chi connectivity index (χ1) is 8.58. The molecule has 5 heteroatoms. The summed E-state index contributed by atoms with van der Waals surface area (Å²) in [6.07, 6.45) is 1.58.